The molecular formula is C25H28N4. The SMILES string of the molecule is Cc1cccc(N2CCN(CCc3nc4ccc5ccccc5c4n3C)CC2)c1. The average molecular weight is 385 g/mol. The first-order valence-corrected chi connectivity index (χ1v) is 10.6. The molecule has 4 heteroatoms. The van der Waals surface area contributed by atoms with Crippen molar-refractivity contribution in [3.63, 3.8) is 0 Å². The van der Waals surface area contributed by atoms with Crippen LogP contribution in [0.25, 0.3) is 21.8 Å². The lowest BCUT2D eigenvalue weighted by Crippen LogP contribution is -2.47. The van der Waals surface area contributed by atoms with Crippen LogP contribution in [-0.4, -0.2) is 47.2 Å². The van der Waals surface area contributed by atoms with E-state index in [0.29, 0.717) is 0 Å². The minimum atomic E-state index is 0.990. The molecule has 0 atom stereocenters. The Morgan fingerprint density at radius 2 is 1.72 bits per heavy atom. The molecule has 148 valence electrons. The van der Waals surface area contributed by atoms with Crippen LogP contribution in [0.15, 0.2) is 60.7 Å². The highest BCUT2D eigenvalue weighted by atomic mass is 15.3. The maximum absolute atomic E-state index is 4.94. The van der Waals surface area contributed by atoms with Gasteiger partial charge in [-0.3, -0.25) is 4.90 Å². The van der Waals surface area contributed by atoms with Gasteiger partial charge in [-0.2, -0.15) is 0 Å². The fraction of sp³-hybridized carbons (Fsp3) is 0.320. The third kappa shape index (κ3) is 3.49. The number of benzene rings is 3. The predicted molar refractivity (Wildman–Crippen MR) is 122 cm³/mol. The molecule has 0 N–H and O–H groups in total. The molecule has 4 aromatic rings. The number of fused-ring (bicyclic) bond motifs is 3. The summed E-state index contributed by atoms with van der Waals surface area (Å²) in [5.41, 5.74) is 5.04. The second-order valence-electron chi connectivity index (χ2n) is 8.16. The Kier molecular flexibility index (Phi) is 4.72. The molecule has 3 aromatic carbocycles. The van der Waals surface area contributed by atoms with Gasteiger partial charge in [-0.05, 0) is 36.1 Å². The molecule has 29 heavy (non-hydrogen) atoms. The zero-order chi connectivity index (χ0) is 19.8. The molecule has 0 amide bonds. The number of piperazine rings is 1. The van der Waals surface area contributed by atoms with Crippen molar-refractivity contribution >= 4 is 27.5 Å². The zero-order valence-electron chi connectivity index (χ0n) is 17.3. The predicted octanol–water partition coefficient (Wildman–Crippen LogP) is 4.40. The maximum Gasteiger partial charge on any atom is 0.110 e. The van der Waals surface area contributed by atoms with Gasteiger partial charge in [0.2, 0.25) is 0 Å². The van der Waals surface area contributed by atoms with Gasteiger partial charge in [-0.1, -0.05) is 42.5 Å². The number of hydrogen-bond acceptors (Lipinski definition) is 3. The Morgan fingerprint density at radius 1 is 0.897 bits per heavy atom. The molecule has 5 rings (SSSR count). The molecule has 1 fully saturated rings. The minimum Gasteiger partial charge on any atom is -0.369 e. The molecular weight excluding hydrogens is 356 g/mol. The Bertz CT molecular complexity index is 1150. The van der Waals surface area contributed by atoms with Crippen molar-refractivity contribution < 1.29 is 0 Å². The quantitative estimate of drug-likeness (QED) is 0.521. The molecule has 1 aromatic heterocycles. The van der Waals surface area contributed by atoms with Crippen LogP contribution in [0.5, 0.6) is 0 Å². The highest BCUT2D eigenvalue weighted by Crippen LogP contribution is 2.26. The number of hydrogen-bond donors (Lipinski definition) is 0. The molecule has 0 bridgehead atoms. The lowest BCUT2D eigenvalue weighted by molar-refractivity contribution is 0.259. The van der Waals surface area contributed by atoms with E-state index in [1.165, 1.54) is 33.4 Å². The van der Waals surface area contributed by atoms with E-state index >= 15 is 0 Å². The monoisotopic (exact) mass is 384 g/mol. The summed E-state index contributed by atoms with van der Waals surface area (Å²) in [6, 6.07) is 21.8. The molecule has 1 saturated heterocycles. The summed E-state index contributed by atoms with van der Waals surface area (Å²) in [5, 5.41) is 2.57. The van der Waals surface area contributed by atoms with Crippen molar-refractivity contribution in [3.8, 4) is 0 Å². The molecule has 1 aliphatic rings. The van der Waals surface area contributed by atoms with Gasteiger partial charge in [-0.15, -0.1) is 0 Å². The number of nitrogens with zero attached hydrogens (tertiary/aromatic N) is 4. The summed E-state index contributed by atoms with van der Waals surface area (Å²) in [6.07, 6.45) is 0.990. The maximum atomic E-state index is 4.94. The summed E-state index contributed by atoms with van der Waals surface area (Å²) in [4.78, 5) is 10.0. The van der Waals surface area contributed by atoms with Crippen molar-refractivity contribution in [2.75, 3.05) is 37.6 Å². The van der Waals surface area contributed by atoms with Crippen molar-refractivity contribution in [2.45, 2.75) is 13.3 Å². The molecule has 0 unspecified atom stereocenters. The summed E-state index contributed by atoms with van der Waals surface area (Å²) >= 11 is 0. The Balaban J connectivity index is 1.27. The van der Waals surface area contributed by atoms with Crippen molar-refractivity contribution in [1.82, 2.24) is 14.5 Å². The van der Waals surface area contributed by atoms with Crippen LogP contribution in [0.3, 0.4) is 0 Å². The van der Waals surface area contributed by atoms with Crippen LogP contribution >= 0.6 is 0 Å². The van der Waals surface area contributed by atoms with Crippen molar-refractivity contribution in [3.05, 3.63) is 72.1 Å². The van der Waals surface area contributed by atoms with Crippen LogP contribution in [0.1, 0.15) is 11.4 Å². The molecule has 1 aliphatic heterocycles. The van der Waals surface area contributed by atoms with Gasteiger partial charge < -0.3 is 9.47 Å². The van der Waals surface area contributed by atoms with Crippen LogP contribution in [0.4, 0.5) is 5.69 Å². The smallest absolute Gasteiger partial charge is 0.110 e. The van der Waals surface area contributed by atoms with E-state index in [0.717, 1.165) is 44.7 Å². The fourth-order valence-corrected chi connectivity index (χ4v) is 4.57. The third-order valence-electron chi connectivity index (χ3n) is 6.24. The topological polar surface area (TPSA) is 24.3 Å². The zero-order valence-corrected chi connectivity index (χ0v) is 17.3. The first-order valence-electron chi connectivity index (χ1n) is 10.6. The van der Waals surface area contributed by atoms with Crippen LogP contribution < -0.4 is 4.90 Å². The van der Waals surface area contributed by atoms with E-state index in [4.69, 9.17) is 4.98 Å². The lowest BCUT2D eigenvalue weighted by Gasteiger charge is -2.36. The first kappa shape index (κ1) is 18.2. The summed E-state index contributed by atoms with van der Waals surface area (Å²) in [5.74, 6) is 1.18. The molecule has 0 aliphatic carbocycles. The van der Waals surface area contributed by atoms with Gasteiger partial charge in [0.15, 0.2) is 0 Å². The molecule has 0 saturated carbocycles. The van der Waals surface area contributed by atoms with E-state index in [1.54, 1.807) is 0 Å². The van der Waals surface area contributed by atoms with Gasteiger partial charge in [0, 0.05) is 57.3 Å². The Labute approximate surface area is 172 Å². The highest BCUT2D eigenvalue weighted by Gasteiger charge is 2.18. The van der Waals surface area contributed by atoms with Crippen LogP contribution in [0.2, 0.25) is 0 Å². The van der Waals surface area contributed by atoms with Crippen molar-refractivity contribution in [2.24, 2.45) is 7.05 Å². The van der Waals surface area contributed by atoms with Crippen LogP contribution in [0, 0.1) is 6.92 Å². The largest absolute Gasteiger partial charge is 0.369 e. The van der Waals surface area contributed by atoms with E-state index in [1.807, 2.05) is 0 Å². The number of aryl methyl sites for hydroxylation is 2. The Hall–Kier alpha value is -2.85. The number of imidazole rings is 1. The van der Waals surface area contributed by atoms with Gasteiger partial charge in [0.1, 0.15) is 5.82 Å². The first-order chi connectivity index (χ1) is 14.2. The number of rotatable bonds is 4. The second-order valence-corrected chi connectivity index (χ2v) is 8.16. The van der Waals surface area contributed by atoms with Crippen molar-refractivity contribution in [1.29, 1.82) is 0 Å². The van der Waals surface area contributed by atoms with Gasteiger partial charge >= 0.3 is 0 Å². The fourth-order valence-electron chi connectivity index (χ4n) is 4.57. The van der Waals surface area contributed by atoms with E-state index in [9.17, 15) is 0 Å². The molecule has 0 spiro atoms. The third-order valence-corrected chi connectivity index (χ3v) is 6.24. The normalized spacial score (nSPS) is 15.4. The summed E-state index contributed by atoms with van der Waals surface area (Å²) < 4.78 is 2.29. The van der Waals surface area contributed by atoms with E-state index in [2.05, 4.69) is 89.0 Å². The molecule has 0 radical (unpaired) electrons. The molecule has 4 nitrogen and oxygen atoms in total. The van der Waals surface area contributed by atoms with E-state index < -0.39 is 0 Å². The van der Waals surface area contributed by atoms with Gasteiger partial charge in [0.05, 0.1) is 11.0 Å². The second kappa shape index (κ2) is 7.53. The minimum absolute atomic E-state index is 0.990. The highest BCUT2D eigenvalue weighted by molar-refractivity contribution is 6.04. The van der Waals surface area contributed by atoms with Crippen LogP contribution in [-0.2, 0) is 13.5 Å². The number of aromatic nitrogens is 2. The standard InChI is InChI=1S/C25H28N4/c1-19-6-5-8-21(18-19)29-16-14-28(15-17-29)13-12-24-26-23-11-10-20-7-3-4-9-22(20)25(23)27(24)2/h3-11,18H,12-17H2,1-2H3. The average Bonchev–Trinajstić information content (AvgIpc) is 3.09. The van der Waals surface area contributed by atoms with E-state index in [-0.39, 0.29) is 0 Å². The summed E-state index contributed by atoms with van der Waals surface area (Å²) in [7, 11) is 2.16. The van der Waals surface area contributed by atoms with Gasteiger partial charge in [-0.25, -0.2) is 4.98 Å². The van der Waals surface area contributed by atoms with Gasteiger partial charge in [0.25, 0.3) is 0 Å². The summed E-state index contributed by atoms with van der Waals surface area (Å²) in [6.45, 7) is 7.64. The Morgan fingerprint density at radius 3 is 2.55 bits per heavy atom. The molecule has 2 heterocycles. The number of anilines is 1. The lowest BCUT2D eigenvalue weighted by atomic mass is 10.1.